The first-order valence-electron chi connectivity index (χ1n) is 6.91. The average molecular weight is 264 g/mol. The standard InChI is InChI=1S/C15H24N2O2/c1-11-8-13(12(2)16(11)4)14(18)9-17-7-5-6-15(3,19)10-17/h8,19H,5-7,9-10H2,1-4H3. The fraction of sp³-hybridized carbons (Fsp3) is 0.667. The summed E-state index contributed by atoms with van der Waals surface area (Å²) in [5.41, 5.74) is 2.28. The van der Waals surface area contributed by atoms with Crippen molar-refractivity contribution in [1.29, 1.82) is 0 Å². The van der Waals surface area contributed by atoms with Crippen LogP contribution in [0.1, 0.15) is 41.5 Å². The number of aryl methyl sites for hydroxylation is 1. The van der Waals surface area contributed by atoms with Gasteiger partial charge < -0.3 is 9.67 Å². The van der Waals surface area contributed by atoms with Crippen molar-refractivity contribution in [2.45, 2.75) is 39.2 Å². The number of carbonyl (C=O) groups excluding carboxylic acids is 1. The molecule has 0 amide bonds. The molecule has 19 heavy (non-hydrogen) atoms. The maximum atomic E-state index is 12.4. The lowest BCUT2D eigenvalue weighted by molar-refractivity contribution is -0.0133. The van der Waals surface area contributed by atoms with Gasteiger partial charge in [-0.3, -0.25) is 9.69 Å². The highest BCUT2D eigenvalue weighted by Gasteiger charge is 2.29. The van der Waals surface area contributed by atoms with Gasteiger partial charge in [-0.2, -0.15) is 0 Å². The zero-order valence-electron chi connectivity index (χ0n) is 12.4. The highest BCUT2D eigenvalue weighted by atomic mass is 16.3. The summed E-state index contributed by atoms with van der Waals surface area (Å²) in [5.74, 6) is 0.152. The van der Waals surface area contributed by atoms with Crippen LogP contribution in [0.2, 0.25) is 0 Å². The number of ketones is 1. The van der Waals surface area contributed by atoms with Crippen LogP contribution in [0.3, 0.4) is 0 Å². The molecule has 1 unspecified atom stereocenters. The predicted molar refractivity (Wildman–Crippen MR) is 75.5 cm³/mol. The first-order chi connectivity index (χ1) is 8.80. The third kappa shape index (κ3) is 3.07. The van der Waals surface area contributed by atoms with Crippen LogP contribution >= 0.6 is 0 Å². The van der Waals surface area contributed by atoms with Gasteiger partial charge in [0.25, 0.3) is 0 Å². The van der Waals surface area contributed by atoms with Gasteiger partial charge in [0.15, 0.2) is 5.78 Å². The van der Waals surface area contributed by atoms with E-state index in [4.69, 9.17) is 0 Å². The summed E-state index contributed by atoms with van der Waals surface area (Å²) in [6.07, 6.45) is 1.77. The molecule has 1 aromatic rings. The van der Waals surface area contributed by atoms with E-state index in [1.54, 1.807) is 0 Å². The van der Waals surface area contributed by atoms with Crippen molar-refractivity contribution in [2.24, 2.45) is 7.05 Å². The number of rotatable bonds is 3. The van der Waals surface area contributed by atoms with Crippen LogP contribution < -0.4 is 0 Å². The van der Waals surface area contributed by atoms with Crippen molar-refractivity contribution in [1.82, 2.24) is 9.47 Å². The first kappa shape index (κ1) is 14.3. The van der Waals surface area contributed by atoms with Crippen molar-refractivity contribution < 1.29 is 9.90 Å². The molecule has 2 rings (SSSR count). The Morgan fingerprint density at radius 3 is 2.68 bits per heavy atom. The number of hydrogen-bond acceptors (Lipinski definition) is 3. The van der Waals surface area contributed by atoms with Gasteiger partial charge in [-0.05, 0) is 46.2 Å². The van der Waals surface area contributed by atoms with Gasteiger partial charge in [-0.15, -0.1) is 0 Å². The monoisotopic (exact) mass is 264 g/mol. The third-order valence-corrected chi connectivity index (χ3v) is 4.20. The minimum absolute atomic E-state index is 0.152. The van der Waals surface area contributed by atoms with E-state index in [0.29, 0.717) is 13.1 Å². The summed E-state index contributed by atoms with van der Waals surface area (Å²) in [5, 5.41) is 10.1. The second-order valence-corrected chi connectivity index (χ2v) is 6.08. The minimum atomic E-state index is -0.653. The summed E-state index contributed by atoms with van der Waals surface area (Å²) in [4.78, 5) is 14.4. The van der Waals surface area contributed by atoms with Crippen molar-refractivity contribution in [3.05, 3.63) is 23.0 Å². The maximum Gasteiger partial charge on any atom is 0.178 e. The lowest BCUT2D eigenvalue weighted by Gasteiger charge is -2.36. The SMILES string of the molecule is Cc1cc(C(=O)CN2CCCC(C)(O)C2)c(C)n1C. The summed E-state index contributed by atoms with van der Waals surface area (Å²) >= 11 is 0. The molecule has 0 aliphatic carbocycles. The number of Topliss-reactive ketones (excluding diaryl/α,β-unsaturated/α-hetero) is 1. The summed E-state index contributed by atoms with van der Waals surface area (Å²) in [6, 6.07) is 1.96. The molecule has 1 aliphatic rings. The van der Waals surface area contributed by atoms with Gasteiger partial charge >= 0.3 is 0 Å². The minimum Gasteiger partial charge on any atom is -0.389 e. The number of piperidine rings is 1. The summed E-state index contributed by atoms with van der Waals surface area (Å²) in [7, 11) is 1.98. The van der Waals surface area contributed by atoms with Gasteiger partial charge in [0.1, 0.15) is 0 Å². The Kier molecular flexibility index (Phi) is 3.83. The average Bonchev–Trinajstić information content (AvgIpc) is 2.56. The Balaban J connectivity index is 2.07. The number of likely N-dealkylation sites (tertiary alicyclic amines) is 1. The number of carbonyl (C=O) groups is 1. The molecule has 0 saturated carbocycles. The van der Waals surface area contributed by atoms with Gasteiger partial charge in [0.05, 0.1) is 12.1 Å². The van der Waals surface area contributed by atoms with Gasteiger partial charge in [-0.1, -0.05) is 0 Å². The third-order valence-electron chi connectivity index (χ3n) is 4.20. The van der Waals surface area contributed by atoms with Crippen LogP contribution in [-0.4, -0.2) is 45.6 Å². The fourth-order valence-corrected chi connectivity index (χ4v) is 2.88. The van der Waals surface area contributed by atoms with Crippen molar-refractivity contribution in [3.8, 4) is 0 Å². The van der Waals surface area contributed by atoms with E-state index in [-0.39, 0.29) is 5.78 Å². The predicted octanol–water partition coefficient (Wildman–Crippen LogP) is 1.67. The van der Waals surface area contributed by atoms with Crippen molar-refractivity contribution >= 4 is 5.78 Å². The van der Waals surface area contributed by atoms with Gasteiger partial charge in [0, 0.05) is 30.5 Å². The molecular weight excluding hydrogens is 240 g/mol. The molecule has 1 saturated heterocycles. The van der Waals surface area contributed by atoms with E-state index in [2.05, 4.69) is 4.90 Å². The van der Waals surface area contributed by atoms with E-state index < -0.39 is 5.60 Å². The number of aliphatic hydroxyl groups is 1. The number of β-amino-alcohol motifs (C(OH)–C–C–N with tert-alkyl or cyclic N) is 1. The molecule has 1 N–H and O–H groups in total. The molecule has 2 heterocycles. The van der Waals surface area contributed by atoms with Crippen molar-refractivity contribution in [2.75, 3.05) is 19.6 Å². The number of aromatic nitrogens is 1. The Bertz CT molecular complexity index is 489. The van der Waals surface area contributed by atoms with Gasteiger partial charge in [-0.25, -0.2) is 0 Å². The molecule has 4 heteroatoms. The largest absolute Gasteiger partial charge is 0.389 e. The zero-order valence-corrected chi connectivity index (χ0v) is 12.4. The van der Waals surface area contributed by atoms with Crippen LogP contribution in [-0.2, 0) is 7.05 Å². The maximum absolute atomic E-state index is 12.4. The molecule has 1 aromatic heterocycles. The molecule has 0 spiro atoms. The summed E-state index contributed by atoms with van der Waals surface area (Å²) < 4.78 is 2.04. The van der Waals surface area contributed by atoms with E-state index in [0.717, 1.165) is 36.3 Å². The topological polar surface area (TPSA) is 45.5 Å². The van der Waals surface area contributed by atoms with Gasteiger partial charge in [0.2, 0.25) is 0 Å². The van der Waals surface area contributed by atoms with Crippen LogP contribution in [0.4, 0.5) is 0 Å². The Hall–Kier alpha value is -1.13. The molecule has 1 atom stereocenters. The van der Waals surface area contributed by atoms with Crippen molar-refractivity contribution in [3.63, 3.8) is 0 Å². The second kappa shape index (κ2) is 5.10. The van der Waals surface area contributed by atoms with E-state index in [1.165, 1.54) is 0 Å². The van der Waals surface area contributed by atoms with Crippen LogP contribution in [0.15, 0.2) is 6.07 Å². The van der Waals surface area contributed by atoms with Crippen LogP contribution in [0.5, 0.6) is 0 Å². The highest BCUT2D eigenvalue weighted by molar-refractivity contribution is 5.99. The van der Waals surface area contributed by atoms with Crippen LogP contribution in [0.25, 0.3) is 0 Å². The molecule has 1 aliphatic heterocycles. The molecule has 4 nitrogen and oxygen atoms in total. The molecule has 1 fully saturated rings. The molecular formula is C15H24N2O2. The molecule has 0 radical (unpaired) electrons. The molecule has 0 aromatic carbocycles. The normalized spacial score (nSPS) is 24.7. The van der Waals surface area contributed by atoms with E-state index >= 15 is 0 Å². The van der Waals surface area contributed by atoms with E-state index in [9.17, 15) is 9.90 Å². The fourth-order valence-electron chi connectivity index (χ4n) is 2.88. The lowest BCUT2D eigenvalue weighted by atomic mass is 9.95. The van der Waals surface area contributed by atoms with E-state index in [1.807, 2.05) is 38.5 Å². The Morgan fingerprint density at radius 2 is 2.16 bits per heavy atom. The first-order valence-corrected chi connectivity index (χ1v) is 6.91. The molecule has 0 bridgehead atoms. The number of hydrogen-bond donors (Lipinski definition) is 1. The zero-order chi connectivity index (χ0) is 14.2. The second-order valence-electron chi connectivity index (χ2n) is 6.08. The Morgan fingerprint density at radius 1 is 1.47 bits per heavy atom. The number of nitrogens with zero attached hydrogens (tertiary/aromatic N) is 2. The smallest absolute Gasteiger partial charge is 0.178 e. The lowest BCUT2D eigenvalue weighted by Crippen LogP contribution is -2.47. The Labute approximate surface area is 115 Å². The quantitative estimate of drug-likeness (QED) is 0.845. The molecule has 106 valence electrons. The summed E-state index contributed by atoms with van der Waals surface area (Å²) in [6.45, 7) is 7.72. The highest BCUT2D eigenvalue weighted by Crippen LogP contribution is 2.21. The van der Waals surface area contributed by atoms with Crippen LogP contribution in [0, 0.1) is 13.8 Å².